The third-order valence-corrected chi connectivity index (χ3v) is 8.73. The van der Waals surface area contributed by atoms with Crippen molar-refractivity contribution in [1.29, 1.82) is 0 Å². The van der Waals surface area contributed by atoms with E-state index in [2.05, 4.69) is 20.4 Å². The highest BCUT2D eigenvalue weighted by Gasteiger charge is 2.43. The molecule has 0 spiro atoms. The van der Waals surface area contributed by atoms with Crippen molar-refractivity contribution in [3.63, 3.8) is 0 Å². The Morgan fingerprint density at radius 3 is 2.32 bits per heavy atom. The molecule has 8 nitrogen and oxygen atoms in total. The maximum absolute atomic E-state index is 14.1. The Labute approximate surface area is 216 Å². The predicted octanol–water partition coefficient (Wildman–Crippen LogP) is 3.62. The fourth-order valence-corrected chi connectivity index (χ4v) is 6.98. The summed E-state index contributed by atoms with van der Waals surface area (Å²) in [6.07, 6.45) is 6.23. The number of rotatable bonds is 5. The van der Waals surface area contributed by atoms with E-state index in [-0.39, 0.29) is 11.8 Å². The Balaban J connectivity index is 1.47. The molecule has 4 aliphatic rings. The first-order valence-corrected chi connectivity index (χ1v) is 13.7. The van der Waals surface area contributed by atoms with Crippen molar-refractivity contribution in [2.75, 3.05) is 53.2 Å². The topological polar surface area (TPSA) is 67.2 Å². The summed E-state index contributed by atoms with van der Waals surface area (Å²) in [4.78, 5) is 34.2. The SMILES string of the molecule is COc1cccc2c1c1c3c(c4c(c1n2CN1CCOCC1)CCC4)C(=O)N(CN1CCCCC1)C3=O. The van der Waals surface area contributed by atoms with E-state index in [1.54, 1.807) is 7.11 Å². The van der Waals surface area contributed by atoms with Gasteiger partial charge >= 0.3 is 0 Å². The smallest absolute Gasteiger partial charge is 0.263 e. The number of piperidine rings is 1. The van der Waals surface area contributed by atoms with Gasteiger partial charge in [-0.25, -0.2) is 0 Å². The van der Waals surface area contributed by atoms with Crippen LogP contribution in [0, 0.1) is 0 Å². The fourth-order valence-electron chi connectivity index (χ4n) is 6.98. The zero-order chi connectivity index (χ0) is 25.1. The van der Waals surface area contributed by atoms with Crippen LogP contribution in [0.1, 0.15) is 57.5 Å². The number of benzene rings is 2. The molecule has 3 aliphatic heterocycles. The van der Waals surface area contributed by atoms with E-state index in [4.69, 9.17) is 9.47 Å². The van der Waals surface area contributed by atoms with Gasteiger partial charge in [-0.2, -0.15) is 0 Å². The number of aromatic nitrogens is 1. The number of carbonyl (C=O) groups is 2. The van der Waals surface area contributed by atoms with Crippen molar-refractivity contribution in [1.82, 2.24) is 19.3 Å². The highest BCUT2D eigenvalue weighted by atomic mass is 16.5. The number of carbonyl (C=O) groups excluding carboxylic acids is 2. The highest BCUT2D eigenvalue weighted by molar-refractivity contribution is 6.32. The van der Waals surface area contributed by atoms with Crippen molar-refractivity contribution in [2.45, 2.75) is 45.2 Å². The third-order valence-electron chi connectivity index (χ3n) is 8.73. The molecule has 3 aromatic rings. The van der Waals surface area contributed by atoms with Gasteiger partial charge in [0.15, 0.2) is 0 Å². The molecule has 8 heteroatoms. The summed E-state index contributed by atoms with van der Waals surface area (Å²) in [7, 11) is 1.68. The van der Waals surface area contributed by atoms with Crippen molar-refractivity contribution in [3.05, 3.63) is 40.5 Å². The normalized spacial score (nSPS) is 20.8. The third kappa shape index (κ3) is 3.53. The molecule has 2 saturated heterocycles. The Morgan fingerprint density at radius 1 is 0.811 bits per heavy atom. The molecule has 2 amide bonds. The van der Waals surface area contributed by atoms with Gasteiger partial charge in [0.1, 0.15) is 5.75 Å². The van der Waals surface area contributed by atoms with Crippen LogP contribution in [0.5, 0.6) is 5.75 Å². The van der Waals surface area contributed by atoms with Crippen LogP contribution >= 0.6 is 0 Å². The van der Waals surface area contributed by atoms with Gasteiger partial charge in [-0.1, -0.05) is 12.5 Å². The zero-order valence-electron chi connectivity index (χ0n) is 21.6. The van der Waals surface area contributed by atoms with E-state index in [0.29, 0.717) is 17.8 Å². The molecule has 0 bridgehead atoms. The van der Waals surface area contributed by atoms with Crippen LogP contribution in [0.4, 0.5) is 0 Å². The molecule has 4 heterocycles. The molecule has 1 aromatic heterocycles. The van der Waals surface area contributed by atoms with Gasteiger partial charge in [-0.3, -0.25) is 24.3 Å². The molecular formula is C29H34N4O4. The van der Waals surface area contributed by atoms with Gasteiger partial charge in [-0.05, 0) is 68.5 Å². The Hall–Kier alpha value is -2.94. The van der Waals surface area contributed by atoms with Crippen LogP contribution in [-0.2, 0) is 24.2 Å². The quantitative estimate of drug-likeness (QED) is 0.497. The minimum Gasteiger partial charge on any atom is -0.496 e. The van der Waals surface area contributed by atoms with Gasteiger partial charge in [0, 0.05) is 18.5 Å². The first-order chi connectivity index (χ1) is 18.2. The number of nitrogens with zero attached hydrogens (tertiary/aromatic N) is 4. The van der Waals surface area contributed by atoms with Gasteiger partial charge in [-0.15, -0.1) is 0 Å². The molecule has 0 N–H and O–H groups in total. The molecule has 0 unspecified atom stereocenters. The van der Waals surface area contributed by atoms with E-state index in [0.717, 1.165) is 111 Å². The van der Waals surface area contributed by atoms with Crippen LogP contribution in [0.2, 0.25) is 0 Å². The Morgan fingerprint density at radius 2 is 1.54 bits per heavy atom. The lowest BCUT2D eigenvalue weighted by atomic mass is 9.93. The molecule has 1 aliphatic carbocycles. The lowest BCUT2D eigenvalue weighted by Crippen LogP contribution is -2.43. The average molecular weight is 503 g/mol. The predicted molar refractivity (Wildman–Crippen MR) is 141 cm³/mol. The molecule has 37 heavy (non-hydrogen) atoms. The van der Waals surface area contributed by atoms with Crippen LogP contribution in [0.25, 0.3) is 21.8 Å². The number of hydrogen-bond acceptors (Lipinski definition) is 6. The second kappa shape index (κ2) is 9.11. The second-order valence-corrected chi connectivity index (χ2v) is 10.8. The van der Waals surface area contributed by atoms with Gasteiger partial charge in [0.05, 0.1) is 61.2 Å². The number of hydrogen-bond donors (Lipinski definition) is 0. The Kier molecular flexibility index (Phi) is 5.71. The first kappa shape index (κ1) is 23.2. The molecule has 7 rings (SSSR count). The number of imide groups is 1. The largest absolute Gasteiger partial charge is 0.496 e. The van der Waals surface area contributed by atoms with Crippen LogP contribution in [0.3, 0.4) is 0 Å². The minimum atomic E-state index is -0.151. The van der Waals surface area contributed by atoms with Crippen LogP contribution in [-0.4, -0.2) is 84.3 Å². The van der Waals surface area contributed by atoms with E-state index >= 15 is 0 Å². The number of aryl methyl sites for hydroxylation is 1. The van der Waals surface area contributed by atoms with E-state index < -0.39 is 0 Å². The summed E-state index contributed by atoms with van der Waals surface area (Å²) in [6.45, 7) is 6.19. The van der Waals surface area contributed by atoms with Gasteiger partial charge < -0.3 is 14.0 Å². The summed E-state index contributed by atoms with van der Waals surface area (Å²) < 4.78 is 13.8. The average Bonchev–Trinajstić information content (AvgIpc) is 3.60. The molecule has 194 valence electrons. The maximum Gasteiger partial charge on any atom is 0.263 e. The highest BCUT2D eigenvalue weighted by Crippen LogP contribution is 2.46. The number of fused-ring (bicyclic) bond motifs is 8. The van der Waals surface area contributed by atoms with Crippen LogP contribution < -0.4 is 4.74 Å². The number of likely N-dealkylation sites (tertiary alicyclic amines) is 1. The molecule has 0 saturated carbocycles. The summed E-state index contributed by atoms with van der Waals surface area (Å²) >= 11 is 0. The van der Waals surface area contributed by atoms with E-state index in [1.165, 1.54) is 16.9 Å². The van der Waals surface area contributed by atoms with E-state index in [9.17, 15) is 9.59 Å². The van der Waals surface area contributed by atoms with Crippen molar-refractivity contribution in [3.8, 4) is 5.75 Å². The number of morpholine rings is 1. The molecule has 2 aromatic carbocycles. The zero-order valence-corrected chi connectivity index (χ0v) is 21.6. The summed E-state index contributed by atoms with van der Waals surface area (Å²) in [5, 5.41) is 1.84. The fraction of sp³-hybridized carbons (Fsp3) is 0.517. The number of methoxy groups -OCH3 is 1. The minimum absolute atomic E-state index is 0.116. The molecular weight excluding hydrogens is 468 g/mol. The second-order valence-electron chi connectivity index (χ2n) is 10.8. The molecule has 0 atom stereocenters. The van der Waals surface area contributed by atoms with Crippen molar-refractivity contribution >= 4 is 33.6 Å². The monoisotopic (exact) mass is 502 g/mol. The standard InChI is InChI=1S/C29H34N4O4/c1-36-22-10-6-9-21-24(22)25-26-23(28(34)33(29(26)35)18-30-11-3-2-4-12-30)19-7-5-8-20(19)27(25)32(21)17-31-13-15-37-16-14-31/h6,9-10H,2-5,7-8,11-18H2,1H3. The van der Waals surface area contributed by atoms with Gasteiger partial charge in [0.25, 0.3) is 11.8 Å². The van der Waals surface area contributed by atoms with E-state index in [1.807, 2.05) is 12.1 Å². The lowest BCUT2D eigenvalue weighted by Gasteiger charge is -2.29. The van der Waals surface area contributed by atoms with Crippen molar-refractivity contribution < 1.29 is 19.1 Å². The summed E-state index contributed by atoms with van der Waals surface area (Å²) in [6, 6.07) is 6.11. The molecule has 0 radical (unpaired) electrons. The number of amides is 2. The summed E-state index contributed by atoms with van der Waals surface area (Å²) in [5.41, 5.74) is 5.73. The molecule has 2 fully saturated rings. The van der Waals surface area contributed by atoms with Crippen LogP contribution in [0.15, 0.2) is 18.2 Å². The summed E-state index contributed by atoms with van der Waals surface area (Å²) in [5.74, 6) is 0.481. The Bertz CT molecular complexity index is 1420. The number of ether oxygens (including phenoxy) is 2. The lowest BCUT2D eigenvalue weighted by molar-refractivity contribution is 0.0248. The first-order valence-electron chi connectivity index (χ1n) is 13.7. The van der Waals surface area contributed by atoms with Gasteiger partial charge in [0.2, 0.25) is 0 Å². The maximum atomic E-state index is 14.1. The van der Waals surface area contributed by atoms with Crippen molar-refractivity contribution in [2.24, 2.45) is 0 Å².